The Bertz CT molecular complexity index is 1090. The highest BCUT2D eigenvalue weighted by Gasteiger charge is 2.15. The second-order valence-corrected chi connectivity index (χ2v) is 6.71. The van der Waals surface area contributed by atoms with Crippen molar-refractivity contribution in [2.75, 3.05) is 20.5 Å². The zero-order chi connectivity index (χ0) is 19.4. The van der Waals surface area contributed by atoms with E-state index in [0.717, 1.165) is 16.9 Å². The molecule has 0 radical (unpaired) electrons. The Balaban J connectivity index is 2.16. The molecule has 0 bridgehead atoms. The number of nitrogens with two attached hydrogens (primary N) is 1. The lowest BCUT2D eigenvalue weighted by molar-refractivity contribution is -0.112. The SMILES string of the molecule is COCCCn1c(=O)/c(=C\c2ccc3c(c2)OCO3)s/c1=C(\C#N)C(N)=O. The van der Waals surface area contributed by atoms with E-state index in [1.54, 1.807) is 37.5 Å². The van der Waals surface area contributed by atoms with E-state index >= 15 is 0 Å². The fourth-order valence-electron chi connectivity index (χ4n) is 2.64. The largest absolute Gasteiger partial charge is 0.454 e. The quantitative estimate of drug-likeness (QED) is 0.678. The highest BCUT2D eigenvalue weighted by atomic mass is 32.1. The molecule has 2 aromatic rings. The third-order valence-corrected chi connectivity index (χ3v) is 5.03. The van der Waals surface area contributed by atoms with Crippen LogP contribution in [0.4, 0.5) is 0 Å². The van der Waals surface area contributed by atoms with Gasteiger partial charge in [-0.15, -0.1) is 11.3 Å². The van der Waals surface area contributed by atoms with Crippen molar-refractivity contribution in [2.24, 2.45) is 5.73 Å². The van der Waals surface area contributed by atoms with Gasteiger partial charge < -0.3 is 19.9 Å². The molecule has 0 unspecified atom stereocenters. The van der Waals surface area contributed by atoms with Crippen LogP contribution >= 0.6 is 11.3 Å². The van der Waals surface area contributed by atoms with Crippen molar-refractivity contribution >= 4 is 28.9 Å². The van der Waals surface area contributed by atoms with Crippen LogP contribution in [-0.4, -0.2) is 31.0 Å². The van der Waals surface area contributed by atoms with Gasteiger partial charge in [0, 0.05) is 20.3 Å². The monoisotopic (exact) mass is 387 g/mol. The molecule has 1 aliphatic heterocycles. The number of carbonyl (C=O) groups excluding carboxylic acids is 1. The van der Waals surface area contributed by atoms with Gasteiger partial charge in [0.05, 0.1) is 4.53 Å². The maximum Gasteiger partial charge on any atom is 0.269 e. The first-order valence-corrected chi connectivity index (χ1v) is 8.91. The van der Waals surface area contributed by atoms with E-state index in [0.29, 0.717) is 35.6 Å². The van der Waals surface area contributed by atoms with E-state index in [1.165, 1.54) is 4.57 Å². The lowest BCUT2D eigenvalue weighted by atomic mass is 10.2. The van der Waals surface area contributed by atoms with Gasteiger partial charge in [0.1, 0.15) is 10.7 Å². The standard InChI is InChI=1S/C18H17N3O5S/c1-24-6-2-5-21-17(23)15(27-18(21)12(9-19)16(20)22)8-11-3-4-13-14(7-11)26-10-25-13/h3-4,7-8H,2,5-6,10H2,1H3,(H2,20,22)/b15-8+,18-12+. The molecule has 1 aromatic heterocycles. The van der Waals surface area contributed by atoms with Crippen molar-refractivity contribution in [1.29, 1.82) is 5.26 Å². The molecule has 0 fully saturated rings. The van der Waals surface area contributed by atoms with Crippen LogP contribution in [0.15, 0.2) is 23.0 Å². The Morgan fingerprint density at radius 1 is 1.44 bits per heavy atom. The zero-order valence-corrected chi connectivity index (χ0v) is 15.4. The molecular weight excluding hydrogens is 370 g/mol. The molecule has 0 atom stereocenters. The minimum Gasteiger partial charge on any atom is -0.454 e. The van der Waals surface area contributed by atoms with Crippen LogP contribution in [0.25, 0.3) is 11.6 Å². The van der Waals surface area contributed by atoms with E-state index < -0.39 is 5.91 Å². The molecule has 9 heteroatoms. The number of methoxy groups -OCH3 is 1. The van der Waals surface area contributed by atoms with Crippen molar-refractivity contribution in [1.82, 2.24) is 4.57 Å². The number of fused-ring (bicyclic) bond motifs is 1. The number of benzene rings is 1. The number of primary amides is 1. The molecule has 1 aliphatic rings. The number of amides is 1. The summed E-state index contributed by atoms with van der Waals surface area (Å²) in [6.07, 6.45) is 2.24. The van der Waals surface area contributed by atoms with Gasteiger partial charge in [-0.3, -0.25) is 14.2 Å². The van der Waals surface area contributed by atoms with Gasteiger partial charge in [-0.2, -0.15) is 5.26 Å². The van der Waals surface area contributed by atoms with Gasteiger partial charge in [0.25, 0.3) is 11.5 Å². The fraction of sp³-hybridized carbons (Fsp3) is 0.278. The molecular formula is C18H17N3O5S. The van der Waals surface area contributed by atoms with Gasteiger partial charge in [0.2, 0.25) is 6.79 Å². The van der Waals surface area contributed by atoms with E-state index in [9.17, 15) is 14.9 Å². The second kappa shape index (κ2) is 8.07. The summed E-state index contributed by atoms with van der Waals surface area (Å²) in [7, 11) is 1.56. The summed E-state index contributed by atoms with van der Waals surface area (Å²) in [6.45, 7) is 0.917. The maximum atomic E-state index is 12.8. The van der Waals surface area contributed by atoms with Gasteiger partial charge in [-0.05, 0) is 30.2 Å². The average molecular weight is 387 g/mol. The molecule has 140 valence electrons. The van der Waals surface area contributed by atoms with Crippen LogP contribution in [0, 0.1) is 11.3 Å². The number of rotatable bonds is 6. The fourth-order valence-corrected chi connectivity index (χ4v) is 3.77. The van der Waals surface area contributed by atoms with Gasteiger partial charge in [0.15, 0.2) is 17.1 Å². The van der Waals surface area contributed by atoms with E-state index in [1.807, 2.05) is 0 Å². The van der Waals surface area contributed by atoms with Crippen LogP contribution in [0.2, 0.25) is 0 Å². The summed E-state index contributed by atoms with van der Waals surface area (Å²) in [5.74, 6) is 0.376. The summed E-state index contributed by atoms with van der Waals surface area (Å²) in [6, 6.07) is 7.12. The number of nitriles is 1. The van der Waals surface area contributed by atoms with Crippen molar-refractivity contribution < 1.29 is 19.0 Å². The summed E-state index contributed by atoms with van der Waals surface area (Å²) < 4.78 is 17.7. The molecule has 2 heterocycles. The van der Waals surface area contributed by atoms with Crippen molar-refractivity contribution in [3.05, 3.63) is 43.3 Å². The zero-order valence-electron chi connectivity index (χ0n) is 14.6. The van der Waals surface area contributed by atoms with Crippen LogP contribution in [0.1, 0.15) is 12.0 Å². The molecule has 27 heavy (non-hydrogen) atoms. The van der Waals surface area contributed by atoms with Crippen LogP contribution in [0.3, 0.4) is 0 Å². The lowest BCUT2D eigenvalue weighted by Gasteiger charge is -2.02. The number of hydrogen-bond donors (Lipinski definition) is 1. The highest BCUT2D eigenvalue weighted by molar-refractivity contribution is 7.07. The minimum atomic E-state index is -0.867. The molecule has 1 aromatic carbocycles. The molecule has 0 saturated carbocycles. The second-order valence-electron chi connectivity index (χ2n) is 5.68. The first-order valence-electron chi connectivity index (χ1n) is 8.09. The van der Waals surface area contributed by atoms with Crippen molar-refractivity contribution in [3.63, 3.8) is 0 Å². The van der Waals surface area contributed by atoms with Crippen LogP contribution < -0.4 is 30.0 Å². The lowest BCUT2D eigenvalue weighted by Crippen LogP contribution is -2.34. The summed E-state index contributed by atoms with van der Waals surface area (Å²) in [4.78, 5) is 24.4. The third-order valence-electron chi connectivity index (χ3n) is 3.90. The number of nitrogens with zero attached hydrogens (tertiary/aromatic N) is 2. The molecule has 2 N–H and O–H groups in total. The summed E-state index contributed by atoms with van der Waals surface area (Å²) in [5, 5.41) is 9.28. The third kappa shape index (κ3) is 3.86. The first kappa shape index (κ1) is 18.7. The Kier molecular flexibility index (Phi) is 5.59. The Morgan fingerprint density at radius 2 is 2.22 bits per heavy atom. The molecule has 0 saturated heterocycles. The predicted octanol–water partition coefficient (Wildman–Crippen LogP) is -0.337. The highest BCUT2D eigenvalue weighted by Crippen LogP contribution is 2.32. The molecule has 0 spiro atoms. The van der Waals surface area contributed by atoms with Crippen molar-refractivity contribution in [2.45, 2.75) is 13.0 Å². The van der Waals surface area contributed by atoms with Crippen LogP contribution in [-0.2, 0) is 16.1 Å². The number of hydrogen-bond acceptors (Lipinski definition) is 7. The van der Waals surface area contributed by atoms with Gasteiger partial charge >= 0.3 is 0 Å². The molecule has 8 nitrogen and oxygen atoms in total. The average Bonchev–Trinajstić information content (AvgIpc) is 3.22. The molecule has 3 rings (SSSR count). The number of thiazole rings is 1. The number of aromatic nitrogens is 1. The molecule has 1 amide bonds. The predicted molar refractivity (Wildman–Crippen MR) is 98.7 cm³/mol. The summed E-state index contributed by atoms with van der Waals surface area (Å²) in [5.41, 5.74) is 5.52. The minimum absolute atomic E-state index is 0.160. The molecule has 0 aliphatic carbocycles. The number of carbonyl (C=O) groups is 1. The number of ether oxygens (including phenoxy) is 3. The van der Waals surface area contributed by atoms with E-state index in [4.69, 9.17) is 19.9 Å². The first-order chi connectivity index (χ1) is 13.0. The Labute approximate surface area is 158 Å². The smallest absolute Gasteiger partial charge is 0.269 e. The van der Waals surface area contributed by atoms with Gasteiger partial charge in [-0.25, -0.2) is 0 Å². The normalized spacial score (nSPS) is 14.1. The topological polar surface area (TPSA) is 117 Å². The Hall–Kier alpha value is -3.09. The van der Waals surface area contributed by atoms with E-state index in [-0.39, 0.29) is 22.6 Å². The summed E-state index contributed by atoms with van der Waals surface area (Å²) >= 11 is 1.05. The Morgan fingerprint density at radius 3 is 2.93 bits per heavy atom. The van der Waals surface area contributed by atoms with Crippen LogP contribution in [0.5, 0.6) is 11.5 Å². The maximum absolute atomic E-state index is 12.8. The van der Waals surface area contributed by atoms with E-state index in [2.05, 4.69) is 0 Å². The van der Waals surface area contributed by atoms with Gasteiger partial charge in [-0.1, -0.05) is 6.07 Å². The van der Waals surface area contributed by atoms with Crippen molar-refractivity contribution in [3.8, 4) is 17.6 Å².